The highest BCUT2D eigenvalue weighted by Gasteiger charge is 2.16. The molecule has 0 aliphatic heterocycles. The molecule has 1 rings (SSSR count). The Hall–Kier alpha value is -0.540. The lowest BCUT2D eigenvalue weighted by Gasteiger charge is -2.08. The van der Waals surface area contributed by atoms with Crippen LogP contribution in [-0.2, 0) is 9.84 Å². The van der Waals surface area contributed by atoms with Gasteiger partial charge < -0.3 is 0 Å². The molecule has 0 spiro atoms. The summed E-state index contributed by atoms with van der Waals surface area (Å²) in [6.07, 6.45) is 1.23. The summed E-state index contributed by atoms with van der Waals surface area (Å²) in [5, 5.41) is 0.147. The molecular formula is C9H11ClO2S. The zero-order valence-corrected chi connectivity index (χ0v) is 9.06. The van der Waals surface area contributed by atoms with Crippen LogP contribution in [0.1, 0.15) is 17.7 Å². The molecule has 0 N–H and O–H groups in total. The van der Waals surface area contributed by atoms with E-state index in [1.165, 1.54) is 6.26 Å². The Kier molecular flexibility index (Phi) is 2.98. The monoisotopic (exact) mass is 218 g/mol. The molecule has 0 heterocycles. The predicted octanol–water partition coefficient (Wildman–Crippen LogP) is 2.45. The molecule has 0 amide bonds. The van der Waals surface area contributed by atoms with Crippen molar-refractivity contribution in [1.82, 2.24) is 0 Å². The van der Waals surface area contributed by atoms with Gasteiger partial charge in [-0.3, -0.25) is 0 Å². The summed E-state index contributed by atoms with van der Waals surface area (Å²) >= 11 is 5.68. The maximum absolute atomic E-state index is 11.2. The first kappa shape index (κ1) is 10.5. The van der Waals surface area contributed by atoms with Gasteiger partial charge in [0.25, 0.3) is 0 Å². The Balaban J connectivity index is 3.04. The molecule has 13 heavy (non-hydrogen) atoms. The standard InChI is InChI=1S/C9H11ClO2S/c1-7(13(2,11)12)8-3-5-9(10)6-4-8/h3-7H,1-2H3. The van der Waals surface area contributed by atoms with Gasteiger partial charge in [-0.1, -0.05) is 23.7 Å². The third kappa shape index (κ3) is 2.71. The Morgan fingerprint density at radius 1 is 1.23 bits per heavy atom. The second kappa shape index (κ2) is 3.68. The van der Waals surface area contributed by atoms with E-state index in [2.05, 4.69) is 0 Å². The van der Waals surface area contributed by atoms with Crippen molar-refractivity contribution in [2.24, 2.45) is 0 Å². The van der Waals surface area contributed by atoms with E-state index in [0.717, 1.165) is 5.56 Å². The van der Waals surface area contributed by atoms with Gasteiger partial charge in [0.05, 0.1) is 5.25 Å². The van der Waals surface area contributed by atoms with E-state index in [4.69, 9.17) is 11.6 Å². The minimum absolute atomic E-state index is 0.468. The molecule has 4 heteroatoms. The number of benzene rings is 1. The fourth-order valence-corrected chi connectivity index (χ4v) is 1.76. The average molecular weight is 219 g/mol. The largest absolute Gasteiger partial charge is 0.229 e. The normalized spacial score (nSPS) is 14.1. The highest BCUT2D eigenvalue weighted by atomic mass is 35.5. The van der Waals surface area contributed by atoms with Crippen LogP contribution in [0.2, 0.25) is 5.02 Å². The molecule has 0 aliphatic rings. The summed E-state index contributed by atoms with van der Waals surface area (Å²) in [4.78, 5) is 0. The molecule has 0 radical (unpaired) electrons. The van der Waals surface area contributed by atoms with Crippen molar-refractivity contribution < 1.29 is 8.42 Å². The van der Waals surface area contributed by atoms with Crippen molar-refractivity contribution in [3.63, 3.8) is 0 Å². The number of sulfone groups is 1. The first-order valence-electron chi connectivity index (χ1n) is 3.85. The maximum Gasteiger partial charge on any atom is 0.154 e. The van der Waals surface area contributed by atoms with Crippen LogP contribution in [0.3, 0.4) is 0 Å². The number of rotatable bonds is 2. The molecule has 0 bridgehead atoms. The summed E-state index contributed by atoms with van der Waals surface area (Å²) in [7, 11) is -3.01. The van der Waals surface area contributed by atoms with Crippen molar-refractivity contribution in [3.05, 3.63) is 34.9 Å². The quantitative estimate of drug-likeness (QED) is 0.764. The van der Waals surface area contributed by atoms with E-state index >= 15 is 0 Å². The summed E-state index contributed by atoms with van der Waals surface area (Å²) in [5.74, 6) is 0. The van der Waals surface area contributed by atoms with Crippen LogP contribution in [0.25, 0.3) is 0 Å². The lowest BCUT2D eigenvalue weighted by atomic mass is 10.2. The lowest BCUT2D eigenvalue weighted by molar-refractivity contribution is 0.592. The SMILES string of the molecule is CC(c1ccc(Cl)cc1)S(C)(=O)=O. The van der Waals surface area contributed by atoms with Crippen LogP contribution in [0, 0.1) is 0 Å². The molecule has 0 saturated carbocycles. The van der Waals surface area contributed by atoms with Crippen molar-refractivity contribution >= 4 is 21.4 Å². The molecule has 0 fully saturated rings. The van der Waals surface area contributed by atoms with Crippen molar-refractivity contribution in [2.75, 3.05) is 6.26 Å². The van der Waals surface area contributed by atoms with Crippen LogP contribution in [0.5, 0.6) is 0 Å². The molecule has 2 nitrogen and oxygen atoms in total. The van der Waals surface area contributed by atoms with Crippen molar-refractivity contribution in [3.8, 4) is 0 Å². The second-order valence-corrected chi connectivity index (χ2v) is 5.83. The van der Waals surface area contributed by atoms with Crippen molar-refractivity contribution in [1.29, 1.82) is 0 Å². The minimum atomic E-state index is -3.01. The lowest BCUT2D eigenvalue weighted by Crippen LogP contribution is -2.07. The van der Waals surface area contributed by atoms with Crippen molar-refractivity contribution in [2.45, 2.75) is 12.2 Å². The molecule has 72 valence electrons. The Bertz CT molecular complexity index is 381. The fraction of sp³-hybridized carbons (Fsp3) is 0.333. The Labute approximate surface area is 83.5 Å². The zero-order chi connectivity index (χ0) is 10.1. The molecule has 1 aromatic rings. The van der Waals surface area contributed by atoms with Gasteiger partial charge in [-0.15, -0.1) is 0 Å². The average Bonchev–Trinajstić information content (AvgIpc) is 2.03. The highest BCUT2D eigenvalue weighted by Crippen LogP contribution is 2.22. The van der Waals surface area contributed by atoms with E-state index in [0.29, 0.717) is 5.02 Å². The third-order valence-corrected chi connectivity index (χ3v) is 3.79. The molecular weight excluding hydrogens is 208 g/mol. The second-order valence-electron chi connectivity index (χ2n) is 3.02. The zero-order valence-electron chi connectivity index (χ0n) is 7.49. The van der Waals surface area contributed by atoms with Gasteiger partial charge in [0.15, 0.2) is 9.84 Å². The third-order valence-electron chi connectivity index (χ3n) is 1.98. The van der Waals surface area contributed by atoms with E-state index in [9.17, 15) is 8.42 Å². The van der Waals surface area contributed by atoms with E-state index < -0.39 is 15.1 Å². The number of hydrogen-bond acceptors (Lipinski definition) is 2. The molecule has 1 atom stereocenters. The Morgan fingerprint density at radius 2 is 1.69 bits per heavy atom. The van der Waals surface area contributed by atoms with Gasteiger partial charge in [-0.25, -0.2) is 8.42 Å². The summed E-state index contributed by atoms with van der Waals surface area (Å²) in [5.41, 5.74) is 0.770. The molecule has 0 aliphatic carbocycles. The van der Waals surface area contributed by atoms with Crippen LogP contribution >= 0.6 is 11.6 Å². The van der Waals surface area contributed by atoms with Gasteiger partial charge in [0.1, 0.15) is 0 Å². The topological polar surface area (TPSA) is 34.1 Å². The first-order valence-corrected chi connectivity index (χ1v) is 6.19. The van der Waals surface area contributed by atoms with Crippen LogP contribution in [0.4, 0.5) is 0 Å². The van der Waals surface area contributed by atoms with Gasteiger partial charge in [-0.2, -0.15) is 0 Å². The minimum Gasteiger partial charge on any atom is -0.229 e. The molecule has 0 saturated heterocycles. The Morgan fingerprint density at radius 3 is 2.08 bits per heavy atom. The van der Waals surface area contributed by atoms with Gasteiger partial charge in [0.2, 0.25) is 0 Å². The summed E-state index contributed by atoms with van der Waals surface area (Å²) in [6, 6.07) is 6.85. The van der Waals surface area contributed by atoms with Gasteiger partial charge in [0, 0.05) is 11.3 Å². The fourth-order valence-electron chi connectivity index (χ4n) is 0.981. The van der Waals surface area contributed by atoms with E-state index in [-0.39, 0.29) is 0 Å². The van der Waals surface area contributed by atoms with Crippen LogP contribution in [-0.4, -0.2) is 14.7 Å². The number of hydrogen-bond donors (Lipinski definition) is 0. The maximum atomic E-state index is 11.2. The molecule has 1 aromatic carbocycles. The smallest absolute Gasteiger partial charge is 0.154 e. The highest BCUT2D eigenvalue weighted by molar-refractivity contribution is 7.90. The van der Waals surface area contributed by atoms with Gasteiger partial charge in [-0.05, 0) is 24.6 Å². The predicted molar refractivity (Wildman–Crippen MR) is 54.7 cm³/mol. The van der Waals surface area contributed by atoms with E-state index in [1.807, 2.05) is 0 Å². The first-order chi connectivity index (χ1) is 5.91. The van der Waals surface area contributed by atoms with E-state index in [1.54, 1.807) is 31.2 Å². The summed E-state index contributed by atoms with van der Waals surface area (Å²) in [6.45, 7) is 1.67. The van der Waals surface area contributed by atoms with Crippen LogP contribution < -0.4 is 0 Å². The van der Waals surface area contributed by atoms with Gasteiger partial charge >= 0.3 is 0 Å². The molecule has 1 unspecified atom stereocenters. The van der Waals surface area contributed by atoms with Crippen LogP contribution in [0.15, 0.2) is 24.3 Å². The number of halogens is 1. The summed E-state index contributed by atoms with van der Waals surface area (Å²) < 4.78 is 22.4. The molecule has 0 aromatic heterocycles.